The van der Waals surface area contributed by atoms with Crippen LogP contribution in [0, 0.1) is 5.92 Å². The van der Waals surface area contributed by atoms with Crippen LogP contribution in [-0.4, -0.2) is 37.2 Å². The highest BCUT2D eigenvalue weighted by Gasteiger charge is 2.37. The summed E-state index contributed by atoms with van der Waals surface area (Å²) in [5.74, 6) is -0.134. The monoisotopic (exact) mass is 433 g/mol. The Balaban J connectivity index is 1.77. The number of nitrogens with one attached hydrogen (secondary N) is 1. The van der Waals surface area contributed by atoms with Gasteiger partial charge in [0, 0.05) is 48.7 Å². The number of halogens is 3. The molecule has 1 amide bonds. The number of nitrogens with zero attached hydrogens (tertiary/aromatic N) is 2. The van der Waals surface area contributed by atoms with Gasteiger partial charge in [-0.1, -0.05) is 18.9 Å². The van der Waals surface area contributed by atoms with Crippen molar-refractivity contribution in [3.8, 4) is 11.1 Å². The van der Waals surface area contributed by atoms with Gasteiger partial charge in [-0.25, -0.2) is 0 Å². The van der Waals surface area contributed by atoms with Gasteiger partial charge < -0.3 is 15.0 Å². The van der Waals surface area contributed by atoms with Crippen LogP contribution in [0.2, 0.25) is 0 Å². The summed E-state index contributed by atoms with van der Waals surface area (Å²) in [5.41, 5.74) is 0.280. The van der Waals surface area contributed by atoms with Crippen molar-refractivity contribution in [1.82, 2.24) is 4.98 Å². The lowest BCUT2D eigenvalue weighted by Gasteiger charge is -2.31. The summed E-state index contributed by atoms with van der Waals surface area (Å²) in [6.07, 6.45) is 2.76. The van der Waals surface area contributed by atoms with E-state index in [0.717, 1.165) is 31.7 Å². The van der Waals surface area contributed by atoms with Crippen molar-refractivity contribution in [2.45, 2.75) is 38.3 Å². The van der Waals surface area contributed by atoms with E-state index in [0.29, 0.717) is 43.1 Å². The zero-order chi connectivity index (χ0) is 21.8. The van der Waals surface area contributed by atoms with Gasteiger partial charge in [0.05, 0.1) is 24.5 Å². The number of hydrogen-bond donors (Lipinski definition) is 1. The molecule has 0 radical (unpaired) electrons. The predicted molar refractivity (Wildman–Crippen MR) is 113 cm³/mol. The maximum atomic E-state index is 14.1. The first kappa shape index (κ1) is 21.6. The second-order valence-corrected chi connectivity index (χ2v) is 8.16. The van der Waals surface area contributed by atoms with E-state index >= 15 is 0 Å². The van der Waals surface area contributed by atoms with Crippen molar-refractivity contribution in [3.05, 3.63) is 42.2 Å². The number of morpholine rings is 1. The lowest BCUT2D eigenvalue weighted by molar-refractivity contribution is -0.136. The van der Waals surface area contributed by atoms with Gasteiger partial charge in [-0.3, -0.25) is 9.78 Å². The average molecular weight is 433 g/mol. The summed E-state index contributed by atoms with van der Waals surface area (Å²) >= 11 is 0. The fourth-order valence-corrected chi connectivity index (χ4v) is 4.41. The Morgan fingerprint density at radius 3 is 2.58 bits per heavy atom. The fourth-order valence-electron chi connectivity index (χ4n) is 4.41. The minimum absolute atomic E-state index is 0.194. The van der Waals surface area contributed by atoms with E-state index in [1.165, 1.54) is 6.20 Å². The summed E-state index contributed by atoms with van der Waals surface area (Å²) in [7, 11) is 0. The molecule has 1 aliphatic carbocycles. The highest BCUT2D eigenvalue weighted by Crippen LogP contribution is 2.43. The number of carbonyl (C=O) groups is 1. The molecule has 1 N–H and O–H groups in total. The van der Waals surface area contributed by atoms with Crippen molar-refractivity contribution in [2.75, 3.05) is 36.5 Å². The Hall–Kier alpha value is -2.61. The number of amides is 1. The number of rotatable bonds is 5. The smallest absolute Gasteiger partial charge is 0.378 e. The average Bonchev–Trinajstić information content (AvgIpc) is 3.27. The molecule has 2 aromatic rings. The number of anilines is 2. The van der Waals surface area contributed by atoms with Crippen molar-refractivity contribution < 1.29 is 22.7 Å². The minimum atomic E-state index is -4.62. The number of benzene rings is 1. The lowest BCUT2D eigenvalue weighted by Crippen LogP contribution is -2.36. The Morgan fingerprint density at radius 2 is 1.94 bits per heavy atom. The molecule has 1 aromatic carbocycles. The lowest BCUT2D eigenvalue weighted by atomic mass is 9.98. The first-order valence-electron chi connectivity index (χ1n) is 10.7. The van der Waals surface area contributed by atoms with E-state index in [-0.39, 0.29) is 23.9 Å². The molecule has 1 aliphatic heterocycles. The van der Waals surface area contributed by atoms with Crippen molar-refractivity contribution >= 4 is 17.3 Å². The first-order chi connectivity index (χ1) is 14.9. The van der Waals surface area contributed by atoms with E-state index in [9.17, 15) is 18.0 Å². The van der Waals surface area contributed by atoms with Crippen LogP contribution in [0.15, 0.2) is 36.7 Å². The van der Waals surface area contributed by atoms with Crippen LogP contribution in [0.3, 0.4) is 0 Å². The van der Waals surface area contributed by atoms with Crippen LogP contribution in [-0.2, 0) is 15.7 Å². The maximum Gasteiger partial charge on any atom is 0.418 e. The highest BCUT2D eigenvalue weighted by molar-refractivity contribution is 5.98. The molecule has 1 aromatic heterocycles. The third-order valence-electron chi connectivity index (χ3n) is 5.99. The molecular weight excluding hydrogens is 407 g/mol. The molecule has 0 unspecified atom stereocenters. The van der Waals surface area contributed by atoms with Gasteiger partial charge in [0.1, 0.15) is 0 Å². The van der Waals surface area contributed by atoms with E-state index in [1.54, 1.807) is 24.4 Å². The number of alkyl halides is 3. The fraction of sp³-hybridized carbons (Fsp3) is 0.478. The molecule has 0 spiro atoms. The second kappa shape index (κ2) is 9.26. The molecule has 1 saturated heterocycles. The standard InChI is InChI=1S/C23H26F3N3O2/c24-23(25,26)20-14-18(29-8-10-31-11-9-29)13-19(17-6-3-7-27-15-17)22(20)28-21(30)12-16-4-1-2-5-16/h3,6-7,13-16H,1-2,4-5,8-12H2,(H,28,30). The third-order valence-corrected chi connectivity index (χ3v) is 5.99. The molecule has 2 fully saturated rings. The Labute approximate surface area is 179 Å². The van der Waals surface area contributed by atoms with Crippen molar-refractivity contribution in [2.24, 2.45) is 5.92 Å². The predicted octanol–water partition coefficient (Wildman–Crippen LogP) is 5.12. The zero-order valence-corrected chi connectivity index (χ0v) is 17.3. The van der Waals surface area contributed by atoms with Crippen molar-refractivity contribution in [3.63, 3.8) is 0 Å². The molecule has 166 valence electrons. The third kappa shape index (κ3) is 5.18. The van der Waals surface area contributed by atoms with Gasteiger partial charge >= 0.3 is 6.18 Å². The topological polar surface area (TPSA) is 54.5 Å². The Bertz CT molecular complexity index is 906. The maximum absolute atomic E-state index is 14.1. The highest BCUT2D eigenvalue weighted by atomic mass is 19.4. The minimum Gasteiger partial charge on any atom is -0.378 e. The SMILES string of the molecule is O=C(CC1CCCC1)Nc1c(-c2cccnc2)cc(N2CCOCC2)cc1C(F)(F)F. The molecular formula is C23H26F3N3O2. The molecule has 2 aliphatic rings. The number of hydrogen-bond acceptors (Lipinski definition) is 4. The number of carbonyl (C=O) groups excluding carboxylic acids is 1. The molecule has 5 nitrogen and oxygen atoms in total. The number of ether oxygens (including phenoxy) is 1. The number of aromatic nitrogens is 1. The van der Waals surface area contributed by atoms with Gasteiger partial charge in [0.2, 0.25) is 5.91 Å². The normalized spacial score (nSPS) is 17.7. The van der Waals surface area contributed by atoms with Gasteiger partial charge in [-0.2, -0.15) is 13.2 Å². The number of pyridine rings is 1. The van der Waals surface area contributed by atoms with Gasteiger partial charge in [-0.15, -0.1) is 0 Å². The van der Waals surface area contributed by atoms with Crippen LogP contribution in [0.5, 0.6) is 0 Å². The van der Waals surface area contributed by atoms with Crippen LogP contribution in [0.4, 0.5) is 24.5 Å². The largest absolute Gasteiger partial charge is 0.418 e. The summed E-state index contributed by atoms with van der Waals surface area (Å²) in [4.78, 5) is 18.6. The summed E-state index contributed by atoms with van der Waals surface area (Å²) < 4.78 is 47.8. The molecule has 0 bridgehead atoms. The quantitative estimate of drug-likeness (QED) is 0.711. The van der Waals surface area contributed by atoms with Crippen molar-refractivity contribution in [1.29, 1.82) is 0 Å². The molecule has 1 saturated carbocycles. The van der Waals surface area contributed by atoms with Crippen LogP contribution in [0.1, 0.15) is 37.7 Å². The van der Waals surface area contributed by atoms with Crippen LogP contribution < -0.4 is 10.2 Å². The molecule has 2 heterocycles. The summed E-state index contributed by atoms with van der Waals surface area (Å²) in [5, 5.41) is 2.61. The Kier molecular flexibility index (Phi) is 6.46. The zero-order valence-electron chi connectivity index (χ0n) is 17.3. The van der Waals surface area contributed by atoms with E-state index in [2.05, 4.69) is 10.3 Å². The molecule has 0 atom stereocenters. The molecule has 8 heteroatoms. The van der Waals surface area contributed by atoms with Gasteiger partial charge in [0.25, 0.3) is 0 Å². The van der Waals surface area contributed by atoms with E-state index in [4.69, 9.17) is 4.74 Å². The first-order valence-corrected chi connectivity index (χ1v) is 10.7. The summed E-state index contributed by atoms with van der Waals surface area (Å²) in [6, 6.07) is 6.23. The Morgan fingerprint density at radius 1 is 1.19 bits per heavy atom. The van der Waals surface area contributed by atoms with Crippen LogP contribution >= 0.6 is 0 Å². The van der Waals surface area contributed by atoms with Crippen LogP contribution in [0.25, 0.3) is 11.1 Å². The van der Waals surface area contributed by atoms with E-state index in [1.807, 2.05) is 4.90 Å². The molecule has 31 heavy (non-hydrogen) atoms. The van der Waals surface area contributed by atoms with Gasteiger partial charge in [0.15, 0.2) is 0 Å². The summed E-state index contributed by atoms with van der Waals surface area (Å²) in [6.45, 7) is 1.95. The molecule has 4 rings (SSSR count). The van der Waals surface area contributed by atoms with E-state index < -0.39 is 11.7 Å². The van der Waals surface area contributed by atoms with Gasteiger partial charge in [-0.05, 0) is 37.0 Å². The second-order valence-electron chi connectivity index (χ2n) is 8.16.